The molecule has 0 spiro atoms. The van der Waals surface area contributed by atoms with Gasteiger partial charge in [-0.1, -0.05) is 67.9 Å². The molecular formula is C23H24N2O. The van der Waals surface area contributed by atoms with Gasteiger partial charge in [0.05, 0.1) is 11.4 Å². The number of anilines is 3. The molecule has 0 aromatic heterocycles. The zero-order valence-electron chi connectivity index (χ0n) is 15.1. The molecule has 0 unspecified atom stereocenters. The van der Waals surface area contributed by atoms with E-state index in [-0.39, 0.29) is 6.03 Å². The van der Waals surface area contributed by atoms with Crippen LogP contribution in [0.25, 0.3) is 0 Å². The standard InChI is InChI=1S/C23H24N2O/c1-2-3-19-24(20-13-7-4-8-14-20)23(26)25(21-15-9-5-10-16-21)22-17-11-6-12-18-22/h4-18H,2-3,19H2,1H3. The van der Waals surface area contributed by atoms with Gasteiger partial charge in [-0.05, 0) is 42.8 Å². The molecule has 3 aromatic carbocycles. The predicted molar refractivity (Wildman–Crippen MR) is 109 cm³/mol. The Hall–Kier alpha value is -3.07. The van der Waals surface area contributed by atoms with Gasteiger partial charge in [0, 0.05) is 12.2 Å². The molecule has 0 atom stereocenters. The third-order valence-corrected chi connectivity index (χ3v) is 4.25. The summed E-state index contributed by atoms with van der Waals surface area (Å²) in [5.41, 5.74) is 2.64. The van der Waals surface area contributed by atoms with Crippen LogP contribution in [0.1, 0.15) is 19.8 Å². The van der Waals surface area contributed by atoms with E-state index >= 15 is 0 Å². The first-order valence-corrected chi connectivity index (χ1v) is 9.08. The maximum atomic E-state index is 13.6. The van der Waals surface area contributed by atoms with Crippen LogP contribution in [-0.2, 0) is 0 Å². The van der Waals surface area contributed by atoms with Crippen molar-refractivity contribution in [2.24, 2.45) is 0 Å². The van der Waals surface area contributed by atoms with Crippen molar-refractivity contribution in [1.29, 1.82) is 0 Å². The molecule has 3 rings (SSSR count). The summed E-state index contributed by atoms with van der Waals surface area (Å²) in [6.07, 6.45) is 1.99. The Kier molecular flexibility index (Phi) is 6.05. The van der Waals surface area contributed by atoms with E-state index in [0.717, 1.165) is 29.9 Å². The zero-order chi connectivity index (χ0) is 18.2. The fourth-order valence-corrected chi connectivity index (χ4v) is 2.90. The van der Waals surface area contributed by atoms with Crippen LogP contribution in [0.5, 0.6) is 0 Å². The van der Waals surface area contributed by atoms with Crippen molar-refractivity contribution in [2.45, 2.75) is 19.8 Å². The summed E-state index contributed by atoms with van der Waals surface area (Å²) in [5, 5.41) is 0. The van der Waals surface area contributed by atoms with Crippen LogP contribution in [0.3, 0.4) is 0 Å². The van der Waals surface area contributed by atoms with Crippen molar-refractivity contribution in [3.63, 3.8) is 0 Å². The normalized spacial score (nSPS) is 10.3. The van der Waals surface area contributed by atoms with E-state index in [2.05, 4.69) is 6.92 Å². The maximum Gasteiger partial charge on any atom is 0.333 e. The lowest BCUT2D eigenvalue weighted by atomic mass is 10.2. The van der Waals surface area contributed by atoms with Crippen molar-refractivity contribution < 1.29 is 4.79 Å². The molecule has 0 N–H and O–H groups in total. The van der Waals surface area contributed by atoms with Crippen LogP contribution in [0, 0.1) is 0 Å². The van der Waals surface area contributed by atoms with Gasteiger partial charge in [-0.2, -0.15) is 0 Å². The van der Waals surface area contributed by atoms with Crippen molar-refractivity contribution in [1.82, 2.24) is 0 Å². The van der Waals surface area contributed by atoms with E-state index < -0.39 is 0 Å². The molecule has 0 aliphatic rings. The van der Waals surface area contributed by atoms with Gasteiger partial charge in [-0.25, -0.2) is 4.79 Å². The monoisotopic (exact) mass is 344 g/mol. The van der Waals surface area contributed by atoms with E-state index in [4.69, 9.17) is 0 Å². The number of nitrogens with zero attached hydrogens (tertiary/aromatic N) is 2. The third-order valence-electron chi connectivity index (χ3n) is 4.25. The second kappa shape index (κ2) is 8.86. The van der Waals surface area contributed by atoms with Crippen LogP contribution in [0.15, 0.2) is 91.0 Å². The Morgan fingerprint density at radius 1 is 0.692 bits per heavy atom. The number of unbranched alkanes of at least 4 members (excludes halogenated alkanes) is 1. The van der Waals surface area contributed by atoms with E-state index in [1.165, 1.54) is 0 Å². The van der Waals surface area contributed by atoms with Crippen LogP contribution >= 0.6 is 0 Å². The van der Waals surface area contributed by atoms with Gasteiger partial charge in [-0.3, -0.25) is 9.80 Å². The summed E-state index contributed by atoms with van der Waals surface area (Å²) >= 11 is 0. The minimum atomic E-state index is -0.0398. The SMILES string of the molecule is CCCCN(C(=O)N(c1ccccc1)c1ccccc1)c1ccccc1. The number of amides is 2. The molecule has 0 aliphatic heterocycles. The van der Waals surface area contributed by atoms with Gasteiger partial charge in [-0.15, -0.1) is 0 Å². The van der Waals surface area contributed by atoms with Crippen LogP contribution in [-0.4, -0.2) is 12.6 Å². The first kappa shape index (κ1) is 17.7. The quantitative estimate of drug-likeness (QED) is 0.518. The van der Waals surface area contributed by atoms with Crippen molar-refractivity contribution in [3.8, 4) is 0 Å². The summed E-state index contributed by atoms with van der Waals surface area (Å²) in [6.45, 7) is 2.83. The van der Waals surface area contributed by atoms with Crippen LogP contribution < -0.4 is 9.80 Å². The van der Waals surface area contributed by atoms with Crippen LogP contribution in [0.2, 0.25) is 0 Å². The number of hydrogen-bond acceptors (Lipinski definition) is 1. The first-order chi connectivity index (χ1) is 12.8. The predicted octanol–water partition coefficient (Wildman–Crippen LogP) is 6.25. The largest absolute Gasteiger partial charge is 0.333 e. The molecule has 0 saturated heterocycles. The van der Waals surface area contributed by atoms with Gasteiger partial charge in [0.25, 0.3) is 0 Å². The Morgan fingerprint density at radius 3 is 1.54 bits per heavy atom. The van der Waals surface area contributed by atoms with Gasteiger partial charge in [0.2, 0.25) is 0 Å². The van der Waals surface area contributed by atoms with E-state index in [1.54, 1.807) is 4.90 Å². The lowest BCUT2D eigenvalue weighted by molar-refractivity contribution is 0.253. The van der Waals surface area contributed by atoms with Gasteiger partial charge < -0.3 is 0 Å². The average molecular weight is 344 g/mol. The Bertz CT molecular complexity index is 764. The second-order valence-electron chi connectivity index (χ2n) is 6.13. The van der Waals surface area contributed by atoms with E-state index in [9.17, 15) is 4.79 Å². The summed E-state index contributed by atoms with van der Waals surface area (Å²) in [4.78, 5) is 17.2. The van der Waals surface area contributed by atoms with E-state index in [1.807, 2.05) is 95.9 Å². The molecule has 3 nitrogen and oxygen atoms in total. The van der Waals surface area contributed by atoms with Crippen molar-refractivity contribution >= 4 is 23.1 Å². The molecule has 26 heavy (non-hydrogen) atoms. The highest BCUT2D eigenvalue weighted by Crippen LogP contribution is 2.28. The molecular weight excluding hydrogens is 320 g/mol. The second-order valence-corrected chi connectivity index (χ2v) is 6.13. The lowest BCUT2D eigenvalue weighted by Crippen LogP contribution is -2.41. The van der Waals surface area contributed by atoms with Gasteiger partial charge in [0.15, 0.2) is 0 Å². The molecule has 2 amide bonds. The minimum absolute atomic E-state index is 0.0398. The Labute approximate surface area is 155 Å². The molecule has 0 radical (unpaired) electrons. The zero-order valence-corrected chi connectivity index (χ0v) is 15.1. The number of benzene rings is 3. The maximum absolute atomic E-state index is 13.6. The fourth-order valence-electron chi connectivity index (χ4n) is 2.90. The summed E-state index contributed by atoms with van der Waals surface area (Å²) in [6, 6.07) is 29.5. The van der Waals surface area contributed by atoms with Crippen molar-refractivity contribution in [2.75, 3.05) is 16.3 Å². The Balaban J connectivity index is 2.02. The topological polar surface area (TPSA) is 23.6 Å². The first-order valence-electron chi connectivity index (χ1n) is 9.08. The van der Waals surface area contributed by atoms with Gasteiger partial charge in [0.1, 0.15) is 0 Å². The highest BCUT2D eigenvalue weighted by atomic mass is 16.2. The molecule has 0 bridgehead atoms. The van der Waals surface area contributed by atoms with E-state index in [0.29, 0.717) is 6.54 Å². The summed E-state index contributed by atoms with van der Waals surface area (Å²) < 4.78 is 0. The Morgan fingerprint density at radius 2 is 1.12 bits per heavy atom. The fraction of sp³-hybridized carbons (Fsp3) is 0.174. The number of carbonyl (C=O) groups is 1. The molecule has 3 aromatic rings. The summed E-state index contributed by atoms with van der Waals surface area (Å²) in [5.74, 6) is 0. The molecule has 0 fully saturated rings. The van der Waals surface area contributed by atoms with Crippen molar-refractivity contribution in [3.05, 3.63) is 91.0 Å². The molecule has 3 heteroatoms. The summed E-state index contributed by atoms with van der Waals surface area (Å²) in [7, 11) is 0. The molecule has 0 heterocycles. The molecule has 132 valence electrons. The van der Waals surface area contributed by atoms with Crippen LogP contribution in [0.4, 0.5) is 21.9 Å². The average Bonchev–Trinajstić information content (AvgIpc) is 2.71. The molecule has 0 saturated carbocycles. The number of hydrogen-bond donors (Lipinski definition) is 0. The smallest absolute Gasteiger partial charge is 0.294 e. The number of carbonyl (C=O) groups excluding carboxylic acids is 1. The number of rotatable bonds is 6. The highest BCUT2D eigenvalue weighted by Gasteiger charge is 2.24. The highest BCUT2D eigenvalue weighted by molar-refractivity contribution is 6.08. The minimum Gasteiger partial charge on any atom is -0.294 e. The number of para-hydroxylation sites is 3. The number of urea groups is 1. The third kappa shape index (κ3) is 4.12. The van der Waals surface area contributed by atoms with Gasteiger partial charge >= 0.3 is 6.03 Å². The lowest BCUT2D eigenvalue weighted by Gasteiger charge is -2.31. The molecule has 0 aliphatic carbocycles.